The molecule has 2 aromatic carbocycles. The molecule has 0 unspecified atom stereocenters. The van der Waals surface area contributed by atoms with Crippen LogP contribution in [0.1, 0.15) is 6.92 Å². The Bertz CT molecular complexity index is 974. The number of nitrogens with one attached hydrogen (secondary N) is 1. The minimum atomic E-state index is -0.232. The summed E-state index contributed by atoms with van der Waals surface area (Å²) >= 11 is 13.5. The normalized spacial score (nSPS) is 10.7. The maximum absolute atomic E-state index is 12.3. The monoisotopic (exact) mass is 436 g/mol. The van der Waals surface area contributed by atoms with Crippen molar-refractivity contribution in [2.75, 3.05) is 18.2 Å². The number of nitrogens with zero attached hydrogens (tertiary/aromatic N) is 3. The van der Waals surface area contributed by atoms with Gasteiger partial charge in [-0.25, -0.2) is 0 Å². The standard InChI is InChI=1S/C19H18Cl2N4O2S/c1-3-25-18(12-7-4-5-10-15(12)27-2)23-24-19(25)28-11-16(26)22-17-13(20)8-6-9-14(17)21/h4-10H,3,11H2,1-2H3,(H,22,26). The van der Waals surface area contributed by atoms with Gasteiger partial charge in [-0.3, -0.25) is 4.79 Å². The summed E-state index contributed by atoms with van der Waals surface area (Å²) in [6.45, 7) is 2.65. The maximum Gasteiger partial charge on any atom is 0.234 e. The van der Waals surface area contributed by atoms with Crippen LogP contribution in [-0.2, 0) is 11.3 Å². The predicted octanol–water partition coefficient (Wildman–Crippen LogP) is 5.01. The molecule has 3 rings (SSSR count). The van der Waals surface area contributed by atoms with Crippen LogP contribution in [0.5, 0.6) is 5.75 Å². The van der Waals surface area contributed by atoms with Crippen LogP contribution in [0, 0.1) is 0 Å². The molecule has 3 aromatic rings. The molecule has 0 bridgehead atoms. The van der Waals surface area contributed by atoms with Gasteiger partial charge in [0.1, 0.15) is 5.75 Å². The van der Waals surface area contributed by atoms with Crippen molar-refractivity contribution in [2.45, 2.75) is 18.6 Å². The first-order chi connectivity index (χ1) is 13.5. The van der Waals surface area contributed by atoms with Crippen molar-refractivity contribution in [2.24, 2.45) is 0 Å². The Hall–Kier alpha value is -2.22. The van der Waals surface area contributed by atoms with Crippen molar-refractivity contribution in [1.82, 2.24) is 14.8 Å². The third-order valence-electron chi connectivity index (χ3n) is 3.94. The molecule has 0 atom stereocenters. The molecule has 0 aliphatic carbocycles. The Kier molecular flexibility index (Phi) is 6.83. The molecule has 28 heavy (non-hydrogen) atoms. The number of rotatable bonds is 7. The van der Waals surface area contributed by atoms with Gasteiger partial charge < -0.3 is 14.6 Å². The van der Waals surface area contributed by atoms with E-state index in [9.17, 15) is 4.79 Å². The second kappa shape index (κ2) is 9.32. The van der Waals surface area contributed by atoms with E-state index in [2.05, 4.69) is 15.5 Å². The van der Waals surface area contributed by atoms with Crippen molar-refractivity contribution >= 4 is 46.6 Å². The lowest BCUT2D eigenvalue weighted by Gasteiger charge is -2.11. The van der Waals surface area contributed by atoms with Gasteiger partial charge in [-0.2, -0.15) is 0 Å². The van der Waals surface area contributed by atoms with Crippen molar-refractivity contribution in [3.05, 3.63) is 52.5 Å². The molecule has 0 fully saturated rings. The summed E-state index contributed by atoms with van der Waals surface area (Å²) in [5.74, 6) is 1.32. The number of halogens is 2. The fraction of sp³-hybridized carbons (Fsp3) is 0.211. The van der Waals surface area contributed by atoms with E-state index in [0.717, 1.165) is 5.56 Å². The number of carbonyl (C=O) groups is 1. The highest BCUT2D eigenvalue weighted by molar-refractivity contribution is 7.99. The molecule has 0 aliphatic heterocycles. The molecule has 1 amide bonds. The molecule has 0 aliphatic rings. The minimum absolute atomic E-state index is 0.144. The number of aromatic nitrogens is 3. The predicted molar refractivity (Wildman–Crippen MR) is 113 cm³/mol. The summed E-state index contributed by atoms with van der Waals surface area (Å²) in [6.07, 6.45) is 0. The zero-order chi connectivity index (χ0) is 20.1. The number of methoxy groups -OCH3 is 1. The van der Waals surface area contributed by atoms with Crippen LogP contribution in [-0.4, -0.2) is 33.5 Å². The van der Waals surface area contributed by atoms with Crippen molar-refractivity contribution in [3.63, 3.8) is 0 Å². The number of benzene rings is 2. The maximum atomic E-state index is 12.3. The summed E-state index contributed by atoms with van der Waals surface area (Å²) < 4.78 is 7.36. The first kappa shape index (κ1) is 20.5. The second-order valence-corrected chi connectivity index (χ2v) is 7.44. The molecule has 0 saturated carbocycles. The van der Waals surface area contributed by atoms with Crippen LogP contribution in [0.3, 0.4) is 0 Å². The highest BCUT2D eigenvalue weighted by atomic mass is 35.5. The third kappa shape index (κ3) is 4.43. The molecular formula is C19H18Cl2N4O2S. The zero-order valence-electron chi connectivity index (χ0n) is 15.3. The van der Waals surface area contributed by atoms with E-state index in [1.165, 1.54) is 11.8 Å². The van der Waals surface area contributed by atoms with Gasteiger partial charge in [-0.1, -0.05) is 53.2 Å². The van der Waals surface area contributed by atoms with Crippen LogP contribution in [0.25, 0.3) is 11.4 Å². The number of thioether (sulfide) groups is 1. The van der Waals surface area contributed by atoms with E-state index in [0.29, 0.717) is 39.0 Å². The summed E-state index contributed by atoms with van der Waals surface area (Å²) in [5, 5.41) is 12.7. The number of anilines is 1. The Morgan fingerprint density at radius 2 is 1.86 bits per heavy atom. The lowest BCUT2D eigenvalue weighted by Crippen LogP contribution is -2.15. The SMILES string of the molecule is CCn1c(SCC(=O)Nc2c(Cl)cccc2Cl)nnc1-c1ccccc1OC. The quantitative estimate of drug-likeness (QED) is 0.527. The number of ether oxygens (including phenoxy) is 1. The van der Waals surface area contributed by atoms with E-state index in [4.69, 9.17) is 27.9 Å². The lowest BCUT2D eigenvalue weighted by atomic mass is 10.2. The Balaban J connectivity index is 1.75. The molecule has 0 saturated heterocycles. The highest BCUT2D eigenvalue weighted by Crippen LogP contribution is 2.32. The van der Waals surface area contributed by atoms with E-state index in [1.54, 1.807) is 25.3 Å². The first-order valence-electron chi connectivity index (χ1n) is 8.48. The Morgan fingerprint density at radius 3 is 2.54 bits per heavy atom. The van der Waals surface area contributed by atoms with Gasteiger partial charge in [0, 0.05) is 6.54 Å². The van der Waals surface area contributed by atoms with Gasteiger partial charge >= 0.3 is 0 Å². The largest absolute Gasteiger partial charge is 0.496 e. The molecule has 1 N–H and O–H groups in total. The molecule has 1 heterocycles. The number of hydrogen-bond donors (Lipinski definition) is 1. The van der Waals surface area contributed by atoms with Crippen LogP contribution in [0.2, 0.25) is 10.0 Å². The minimum Gasteiger partial charge on any atom is -0.496 e. The molecule has 9 heteroatoms. The summed E-state index contributed by atoms with van der Waals surface area (Å²) in [4.78, 5) is 12.3. The second-order valence-electron chi connectivity index (χ2n) is 5.68. The van der Waals surface area contributed by atoms with Gasteiger partial charge in [0.25, 0.3) is 0 Å². The van der Waals surface area contributed by atoms with Crippen LogP contribution >= 0.6 is 35.0 Å². The van der Waals surface area contributed by atoms with E-state index in [-0.39, 0.29) is 11.7 Å². The average Bonchev–Trinajstić information content (AvgIpc) is 3.12. The van der Waals surface area contributed by atoms with Crippen molar-refractivity contribution in [1.29, 1.82) is 0 Å². The highest BCUT2D eigenvalue weighted by Gasteiger charge is 2.18. The smallest absolute Gasteiger partial charge is 0.234 e. The molecule has 0 spiro atoms. The molecule has 6 nitrogen and oxygen atoms in total. The molecular weight excluding hydrogens is 419 g/mol. The fourth-order valence-corrected chi connectivity index (χ4v) is 3.93. The van der Waals surface area contributed by atoms with Gasteiger partial charge in [0.15, 0.2) is 11.0 Å². The zero-order valence-corrected chi connectivity index (χ0v) is 17.6. The van der Waals surface area contributed by atoms with Crippen LogP contribution in [0.4, 0.5) is 5.69 Å². The number of para-hydroxylation sites is 2. The van der Waals surface area contributed by atoms with E-state index < -0.39 is 0 Å². The number of carbonyl (C=O) groups excluding carboxylic acids is 1. The van der Waals surface area contributed by atoms with E-state index in [1.807, 2.05) is 35.8 Å². The topological polar surface area (TPSA) is 69.0 Å². The van der Waals surface area contributed by atoms with Gasteiger partial charge in [-0.15, -0.1) is 10.2 Å². The molecule has 0 radical (unpaired) electrons. The number of amides is 1. The van der Waals surface area contributed by atoms with Gasteiger partial charge in [-0.05, 0) is 31.2 Å². The summed E-state index contributed by atoms with van der Waals surface area (Å²) in [6, 6.07) is 12.7. The molecule has 1 aromatic heterocycles. The third-order valence-corrected chi connectivity index (χ3v) is 5.54. The Morgan fingerprint density at radius 1 is 1.14 bits per heavy atom. The van der Waals surface area contributed by atoms with Crippen molar-refractivity contribution < 1.29 is 9.53 Å². The van der Waals surface area contributed by atoms with Crippen LogP contribution < -0.4 is 10.1 Å². The Labute approximate surface area is 177 Å². The molecule has 146 valence electrons. The number of hydrogen-bond acceptors (Lipinski definition) is 5. The van der Waals surface area contributed by atoms with Gasteiger partial charge in [0.05, 0.1) is 34.2 Å². The van der Waals surface area contributed by atoms with Crippen molar-refractivity contribution in [3.8, 4) is 17.1 Å². The van der Waals surface area contributed by atoms with E-state index >= 15 is 0 Å². The average molecular weight is 437 g/mol. The van der Waals surface area contributed by atoms with Gasteiger partial charge in [0.2, 0.25) is 5.91 Å². The summed E-state index contributed by atoms with van der Waals surface area (Å²) in [7, 11) is 1.62. The van der Waals surface area contributed by atoms with Crippen LogP contribution in [0.15, 0.2) is 47.6 Å². The summed E-state index contributed by atoms with van der Waals surface area (Å²) in [5.41, 5.74) is 1.25. The lowest BCUT2D eigenvalue weighted by molar-refractivity contribution is -0.113. The fourth-order valence-electron chi connectivity index (χ4n) is 2.63. The first-order valence-corrected chi connectivity index (χ1v) is 10.2.